The fraction of sp³-hybridized carbons (Fsp3) is 0.0588. The maximum atomic E-state index is 6.30. The van der Waals surface area contributed by atoms with Crippen LogP contribution < -0.4 is 0 Å². The molecule has 54 heavy (non-hydrogen) atoms. The molecular formula is C51H34N2O. The van der Waals surface area contributed by atoms with Crippen molar-refractivity contribution in [2.24, 2.45) is 0 Å². The Bertz CT molecular complexity index is 3130. The molecule has 254 valence electrons. The van der Waals surface area contributed by atoms with E-state index in [1.165, 1.54) is 49.5 Å². The van der Waals surface area contributed by atoms with Crippen LogP contribution in [-0.4, -0.2) is 9.97 Å². The van der Waals surface area contributed by atoms with E-state index in [-0.39, 0.29) is 5.41 Å². The maximum absolute atomic E-state index is 6.30. The number of hydrogen-bond donors (Lipinski definition) is 0. The minimum absolute atomic E-state index is 0.173. The first kappa shape index (κ1) is 30.8. The van der Waals surface area contributed by atoms with Gasteiger partial charge in [-0.1, -0.05) is 153 Å². The summed E-state index contributed by atoms with van der Waals surface area (Å²) in [4.78, 5) is 10.5. The van der Waals surface area contributed by atoms with Crippen molar-refractivity contribution >= 4 is 43.5 Å². The van der Waals surface area contributed by atoms with Gasteiger partial charge in [0.15, 0.2) is 5.82 Å². The molecule has 0 radical (unpaired) electrons. The lowest BCUT2D eigenvalue weighted by atomic mass is 9.78. The summed E-state index contributed by atoms with van der Waals surface area (Å²) in [6.07, 6.45) is 0. The molecule has 0 bridgehead atoms. The summed E-state index contributed by atoms with van der Waals surface area (Å²) in [6, 6.07) is 60.5. The zero-order chi connectivity index (χ0) is 36.0. The second-order valence-corrected chi connectivity index (χ2v) is 14.9. The average Bonchev–Trinajstić information content (AvgIpc) is 3.72. The van der Waals surface area contributed by atoms with Gasteiger partial charge in [0.2, 0.25) is 0 Å². The van der Waals surface area contributed by atoms with E-state index in [4.69, 9.17) is 14.4 Å². The molecule has 0 N–H and O–H groups in total. The van der Waals surface area contributed by atoms with Crippen LogP contribution in [0.3, 0.4) is 0 Å². The predicted octanol–water partition coefficient (Wildman–Crippen LogP) is 13.7. The number of furan rings is 1. The van der Waals surface area contributed by atoms with Gasteiger partial charge < -0.3 is 4.42 Å². The minimum Gasteiger partial charge on any atom is -0.456 e. The molecule has 0 aliphatic heterocycles. The zero-order valence-electron chi connectivity index (χ0n) is 30.0. The van der Waals surface area contributed by atoms with Crippen molar-refractivity contribution in [3.8, 4) is 56.2 Å². The molecule has 2 heterocycles. The molecule has 2 aromatic heterocycles. The highest BCUT2D eigenvalue weighted by atomic mass is 16.3. The Balaban J connectivity index is 1.11. The minimum atomic E-state index is -0.173. The molecule has 0 unspecified atom stereocenters. The average molecular weight is 691 g/mol. The van der Waals surface area contributed by atoms with Crippen LogP contribution in [0.2, 0.25) is 0 Å². The molecule has 11 rings (SSSR count). The van der Waals surface area contributed by atoms with Crippen molar-refractivity contribution < 1.29 is 4.42 Å². The predicted molar refractivity (Wildman–Crippen MR) is 224 cm³/mol. The van der Waals surface area contributed by atoms with Crippen LogP contribution in [0.4, 0.5) is 0 Å². The van der Waals surface area contributed by atoms with Crippen molar-refractivity contribution in [2.45, 2.75) is 19.3 Å². The van der Waals surface area contributed by atoms with Gasteiger partial charge in [-0.2, -0.15) is 0 Å². The third kappa shape index (κ3) is 4.55. The third-order valence-electron chi connectivity index (χ3n) is 11.5. The summed E-state index contributed by atoms with van der Waals surface area (Å²) in [6.45, 7) is 4.75. The van der Waals surface area contributed by atoms with Crippen LogP contribution in [0, 0.1) is 0 Å². The van der Waals surface area contributed by atoms with E-state index in [1.807, 2.05) is 18.2 Å². The summed E-state index contributed by atoms with van der Waals surface area (Å²) < 4.78 is 6.30. The van der Waals surface area contributed by atoms with Crippen LogP contribution in [-0.2, 0) is 5.41 Å². The van der Waals surface area contributed by atoms with Gasteiger partial charge in [0.1, 0.15) is 11.2 Å². The van der Waals surface area contributed by atoms with Gasteiger partial charge in [-0.25, -0.2) is 9.97 Å². The van der Waals surface area contributed by atoms with Gasteiger partial charge in [-0.05, 0) is 85.3 Å². The van der Waals surface area contributed by atoms with Gasteiger partial charge in [0, 0.05) is 32.9 Å². The van der Waals surface area contributed by atoms with E-state index in [2.05, 4.69) is 166 Å². The van der Waals surface area contributed by atoms with Crippen LogP contribution in [0.5, 0.6) is 0 Å². The SMILES string of the molecule is CC1(C)c2ccc3ccccc3c2-c2cccc(-c3ccc(-c4nc(-c5ccccc5)cc(-c5ccc6c(c5)oc5ccccc56)n4)c4ccccc34)c21. The number of rotatable bonds is 4. The molecule has 0 amide bonds. The number of para-hydroxylation sites is 1. The summed E-state index contributed by atoms with van der Waals surface area (Å²) in [5.74, 6) is 0.691. The lowest BCUT2D eigenvalue weighted by Crippen LogP contribution is -2.16. The molecule has 1 aliphatic rings. The molecular weight excluding hydrogens is 657 g/mol. The highest BCUT2D eigenvalue weighted by Gasteiger charge is 2.38. The molecule has 3 nitrogen and oxygen atoms in total. The summed E-state index contributed by atoms with van der Waals surface area (Å²) >= 11 is 0. The molecule has 3 heteroatoms. The van der Waals surface area contributed by atoms with Crippen molar-refractivity contribution in [1.82, 2.24) is 9.97 Å². The Morgan fingerprint density at radius 3 is 1.91 bits per heavy atom. The summed E-state index contributed by atoms with van der Waals surface area (Å²) in [5, 5.41) is 7.10. The highest BCUT2D eigenvalue weighted by Crippen LogP contribution is 2.55. The Hall–Kier alpha value is -6.84. The topological polar surface area (TPSA) is 38.9 Å². The van der Waals surface area contributed by atoms with Crippen molar-refractivity contribution in [1.29, 1.82) is 0 Å². The smallest absolute Gasteiger partial charge is 0.161 e. The highest BCUT2D eigenvalue weighted by molar-refractivity contribution is 6.09. The van der Waals surface area contributed by atoms with Gasteiger partial charge in [0.25, 0.3) is 0 Å². The van der Waals surface area contributed by atoms with Crippen LogP contribution >= 0.6 is 0 Å². The van der Waals surface area contributed by atoms with Crippen LogP contribution in [0.1, 0.15) is 25.0 Å². The van der Waals surface area contributed by atoms with E-state index in [9.17, 15) is 0 Å². The second kappa shape index (κ2) is 11.6. The summed E-state index contributed by atoms with van der Waals surface area (Å²) in [7, 11) is 0. The van der Waals surface area contributed by atoms with Crippen LogP contribution in [0.25, 0.3) is 99.6 Å². The van der Waals surface area contributed by atoms with Crippen molar-refractivity contribution in [3.63, 3.8) is 0 Å². The van der Waals surface area contributed by atoms with E-state index in [0.29, 0.717) is 5.82 Å². The largest absolute Gasteiger partial charge is 0.456 e. The Kier molecular flexibility index (Phi) is 6.60. The lowest BCUT2D eigenvalue weighted by molar-refractivity contribution is 0.662. The molecule has 0 fully saturated rings. The van der Waals surface area contributed by atoms with E-state index >= 15 is 0 Å². The third-order valence-corrected chi connectivity index (χ3v) is 11.5. The van der Waals surface area contributed by atoms with E-state index in [1.54, 1.807) is 0 Å². The molecule has 1 aliphatic carbocycles. The Morgan fingerprint density at radius 2 is 1.07 bits per heavy atom. The normalized spacial score (nSPS) is 13.1. The summed E-state index contributed by atoms with van der Waals surface area (Å²) in [5.41, 5.74) is 14.2. The first-order chi connectivity index (χ1) is 26.5. The van der Waals surface area contributed by atoms with Gasteiger partial charge in [0.05, 0.1) is 11.4 Å². The molecule has 0 atom stereocenters. The van der Waals surface area contributed by atoms with Gasteiger partial charge >= 0.3 is 0 Å². The Morgan fingerprint density at radius 1 is 0.426 bits per heavy atom. The number of benzene rings is 8. The number of fused-ring (bicyclic) bond motifs is 9. The van der Waals surface area contributed by atoms with Gasteiger partial charge in [-0.3, -0.25) is 0 Å². The fourth-order valence-electron chi connectivity index (χ4n) is 8.96. The first-order valence-electron chi connectivity index (χ1n) is 18.6. The van der Waals surface area contributed by atoms with Gasteiger partial charge in [-0.15, -0.1) is 0 Å². The van der Waals surface area contributed by atoms with Crippen LogP contribution in [0.15, 0.2) is 174 Å². The Labute approximate surface area is 313 Å². The quantitative estimate of drug-likeness (QED) is 0.184. The monoisotopic (exact) mass is 690 g/mol. The number of hydrogen-bond acceptors (Lipinski definition) is 3. The standard InChI is InChI=1S/C51H34N2O/c1-51(2)43-28-24-31-13-6-7-16-34(31)48(43)42-21-12-20-40(49(42)51)37-26-27-41(36-18-9-8-17-35(36)37)50-52-44(32-14-4-3-5-15-32)30-45(53-50)33-23-25-39-38-19-10-11-22-46(38)54-47(39)29-33/h3-30H,1-2H3. The van der Waals surface area contributed by atoms with E-state index in [0.717, 1.165) is 55.4 Å². The first-order valence-corrected chi connectivity index (χ1v) is 18.6. The number of aromatic nitrogens is 2. The molecule has 8 aromatic carbocycles. The zero-order valence-corrected chi connectivity index (χ0v) is 30.0. The number of nitrogens with zero attached hydrogens (tertiary/aromatic N) is 2. The van der Waals surface area contributed by atoms with Crippen molar-refractivity contribution in [2.75, 3.05) is 0 Å². The fourth-order valence-corrected chi connectivity index (χ4v) is 8.96. The lowest BCUT2D eigenvalue weighted by Gasteiger charge is -2.25. The molecule has 0 saturated heterocycles. The second-order valence-electron chi connectivity index (χ2n) is 14.9. The maximum Gasteiger partial charge on any atom is 0.161 e. The molecule has 10 aromatic rings. The van der Waals surface area contributed by atoms with E-state index < -0.39 is 0 Å². The molecule has 0 saturated carbocycles. The molecule has 0 spiro atoms. The van der Waals surface area contributed by atoms with Crippen molar-refractivity contribution in [3.05, 3.63) is 181 Å².